The first-order valence-corrected chi connectivity index (χ1v) is 6.25. The van der Waals surface area contributed by atoms with Crippen molar-refractivity contribution in [3.05, 3.63) is 34.9 Å². The van der Waals surface area contributed by atoms with E-state index in [0.717, 1.165) is 39.5 Å². The summed E-state index contributed by atoms with van der Waals surface area (Å²) < 4.78 is 5.23. The van der Waals surface area contributed by atoms with Gasteiger partial charge in [0.05, 0.1) is 12.8 Å². The first kappa shape index (κ1) is 13.3. The molecular formula is C15H19N3O. The van der Waals surface area contributed by atoms with Crippen molar-refractivity contribution in [2.75, 3.05) is 19.5 Å². The van der Waals surface area contributed by atoms with Crippen molar-refractivity contribution in [3.8, 4) is 17.0 Å². The third-order valence-electron chi connectivity index (χ3n) is 3.45. The van der Waals surface area contributed by atoms with E-state index in [4.69, 9.17) is 4.74 Å². The largest absolute Gasteiger partial charge is 0.497 e. The van der Waals surface area contributed by atoms with Gasteiger partial charge in [0.1, 0.15) is 5.75 Å². The molecule has 1 aromatic heterocycles. The zero-order valence-corrected chi connectivity index (χ0v) is 12.0. The van der Waals surface area contributed by atoms with E-state index >= 15 is 0 Å². The van der Waals surface area contributed by atoms with Crippen molar-refractivity contribution in [2.45, 2.75) is 20.8 Å². The van der Waals surface area contributed by atoms with Crippen molar-refractivity contribution >= 4 is 5.82 Å². The maximum absolute atomic E-state index is 5.23. The first-order chi connectivity index (χ1) is 9.08. The fourth-order valence-electron chi connectivity index (χ4n) is 2.13. The Labute approximate surface area is 113 Å². The molecule has 1 N–H and O–H groups in total. The summed E-state index contributed by atoms with van der Waals surface area (Å²) in [6.07, 6.45) is 0. The lowest BCUT2D eigenvalue weighted by atomic mass is 9.99. The van der Waals surface area contributed by atoms with Gasteiger partial charge in [-0.3, -0.25) is 0 Å². The third kappa shape index (κ3) is 2.38. The van der Waals surface area contributed by atoms with E-state index in [9.17, 15) is 0 Å². The molecule has 4 nitrogen and oxygen atoms in total. The molecule has 0 aliphatic rings. The summed E-state index contributed by atoms with van der Waals surface area (Å²) in [5.41, 5.74) is 5.43. The second kappa shape index (κ2) is 5.26. The number of ether oxygens (including phenoxy) is 1. The predicted molar refractivity (Wildman–Crippen MR) is 77.8 cm³/mol. The van der Waals surface area contributed by atoms with Crippen LogP contribution in [-0.4, -0.2) is 24.4 Å². The van der Waals surface area contributed by atoms with Crippen LogP contribution in [0.15, 0.2) is 18.2 Å². The average Bonchev–Trinajstić information content (AvgIpc) is 2.42. The van der Waals surface area contributed by atoms with E-state index in [0.29, 0.717) is 0 Å². The number of nitrogens with zero attached hydrogens (tertiary/aromatic N) is 2. The Morgan fingerprint density at radius 3 is 2.37 bits per heavy atom. The lowest BCUT2D eigenvalue weighted by Gasteiger charge is -2.13. The number of hydrogen-bond donors (Lipinski definition) is 1. The Hall–Kier alpha value is -2.10. The van der Waals surface area contributed by atoms with Gasteiger partial charge in [0.2, 0.25) is 0 Å². The van der Waals surface area contributed by atoms with Gasteiger partial charge in [-0.25, -0.2) is 0 Å². The van der Waals surface area contributed by atoms with Crippen LogP contribution in [0.25, 0.3) is 11.3 Å². The summed E-state index contributed by atoms with van der Waals surface area (Å²) in [5.74, 6) is 1.68. The summed E-state index contributed by atoms with van der Waals surface area (Å²) in [7, 11) is 3.53. The Balaban J connectivity index is 2.56. The van der Waals surface area contributed by atoms with Gasteiger partial charge in [0, 0.05) is 12.6 Å². The first-order valence-electron chi connectivity index (χ1n) is 6.25. The Bertz CT molecular complexity index is 609. The molecule has 0 fully saturated rings. The molecule has 1 aromatic carbocycles. The molecule has 0 aliphatic carbocycles. The van der Waals surface area contributed by atoms with Crippen molar-refractivity contribution in [2.24, 2.45) is 0 Å². The molecule has 19 heavy (non-hydrogen) atoms. The molecule has 0 saturated heterocycles. The van der Waals surface area contributed by atoms with Crippen LogP contribution < -0.4 is 10.1 Å². The fourth-order valence-corrected chi connectivity index (χ4v) is 2.13. The van der Waals surface area contributed by atoms with E-state index in [1.807, 2.05) is 25.2 Å². The molecular weight excluding hydrogens is 238 g/mol. The fraction of sp³-hybridized carbons (Fsp3) is 0.333. The number of methoxy groups -OCH3 is 1. The molecule has 0 atom stereocenters. The van der Waals surface area contributed by atoms with Gasteiger partial charge in [-0.1, -0.05) is 0 Å². The highest BCUT2D eigenvalue weighted by molar-refractivity contribution is 5.70. The van der Waals surface area contributed by atoms with Gasteiger partial charge in [-0.05, 0) is 55.7 Å². The standard InChI is InChI=1S/C15H19N3O/c1-9-8-12(19-5)6-7-13(9)14-10(2)11(3)15(16-4)18-17-14/h6-8H,1-5H3,(H,16,18). The van der Waals surface area contributed by atoms with Crippen LogP contribution in [0.4, 0.5) is 5.82 Å². The number of aromatic nitrogens is 2. The lowest BCUT2D eigenvalue weighted by Crippen LogP contribution is -2.03. The number of rotatable bonds is 3. The van der Waals surface area contributed by atoms with E-state index in [1.54, 1.807) is 7.11 Å². The van der Waals surface area contributed by atoms with Crippen molar-refractivity contribution < 1.29 is 4.74 Å². The zero-order valence-electron chi connectivity index (χ0n) is 12.0. The van der Waals surface area contributed by atoms with Gasteiger partial charge in [0.15, 0.2) is 5.82 Å². The molecule has 0 amide bonds. The van der Waals surface area contributed by atoms with Crippen molar-refractivity contribution in [1.82, 2.24) is 10.2 Å². The number of aryl methyl sites for hydroxylation is 1. The zero-order chi connectivity index (χ0) is 14.0. The van der Waals surface area contributed by atoms with Crippen molar-refractivity contribution in [3.63, 3.8) is 0 Å². The average molecular weight is 257 g/mol. The molecule has 1 heterocycles. The van der Waals surface area contributed by atoms with Gasteiger partial charge in [-0.15, -0.1) is 10.2 Å². The van der Waals surface area contributed by atoms with Crippen LogP contribution in [0.5, 0.6) is 5.75 Å². The number of hydrogen-bond acceptors (Lipinski definition) is 4. The molecule has 2 rings (SSSR count). The lowest BCUT2D eigenvalue weighted by molar-refractivity contribution is 0.414. The molecule has 0 saturated carbocycles. The van der Waals surface area contributed by atoms with E-state index in [-0.39, 0.29) is 0 Å². The monoisotopic (exact) mass is 257 g/mol. The smallest absolute Gasteiger partial charge is 0.151 e. The summed E-state index contributed by atoms with van der Waals surface area (Å²) in [6.45, 7) is 6.18. The van der Waals surface area contributed by atoms with Crippen LogP contribution >= 0.6 is 0 Å². The van der Waals surface area contributed by atoms with E-state index < -0.39 is 0 Å². The van der Waals surface area contributed by atoms with Gasteiger partial charge in [-0.2, -0.15) is 0 Å². The van der Waals surface area contributed by atoms with Gasteiger partial charge < -0.3 is 10.1 Å². The Morgan fingerprint density at radius 2 is 1.79 bits per heavy atom. The third-order valence-corrected chi connectivity index (χ3v) is 3.45. The Kier molecular flexibility index (Phi) is 3.69. The highest BCUT2D eigenvalue weighted by Crippen LogP contribution is 2.30. The SMILES string of the molecule is CNc1nnc(-c2ccc(OC)cc2C)c(C)c1C. The van der Waals surface area contributed by atoms with Crippen LogP contribution in [0.2, 0.25) is 0 Å². The van der Waals surface area contributed by atoms with Crippen LogP contribution in [0.1, 0.15) is 16.7 Å². The minimum absolute atomic E-state index is 0.826. The molecule has 0 bridgehead atoms. The maximum Gasteiger partial charge on any atom is 0.151 e. The molecule has 100 valence electrons. The summed E-state index contributed by atoms with van der Waals surface area (Å²) in [6, 6.07) is 5.99. The van der Waals surface area contributed by atoms with Crippen molar-refractivity contribution in [1.29, 1.82) is 0 Å². The molecule has 0 aliphatic heterocycles. The molecule has 0 spiro atoms. The van der Waals surface area contributed by atoms with Gasteiger partial charge >= 0.3 is 0 Å². The highest BCUT2D eigenvalue weighted by Gasteiger charge is 2.12. The second-order valence-electron chi connectivity index (χ2n) is 4.58. The van der Waals surface area contributed by atoms with Crippen LogP contribution in [-0.2, 0) is 0 Å². The van der Waals surface area contributed by atoms with Crippen LogP contribution in [0.3, 0.4) is 0 Å². The van der Waals surface area contributed by atoms with Crippen LogP contribution in [0, 0.1) is 20.8 Å². The normalized spacial score (nSPS) is 10.4. The predicted octanol–water partition coefficient (Wildman–Crippen LogP) is 3.12. The Morgan fingerprint density at radius 1 is 1.05 bits per heavy atom. The maximum atomic E-state index is 5.23. The van der Waals surface area contributed by atoms with E-state index in [1.165, 1.54) is 0 Å². The summed E-state index contributed by atoms with van der Waals surface area (Å²) in [5, 5.41) is 11.6. The van der Waals surface area contributed by atoms with E-state index in [2.05, 4.69) is 36.3 Å². The number of benzene rings is 1. The second-order valence-corrected chi connectivity index (χ2v) is 4.58. The molecule has 4 heteroatoms. The summed E-state index contributed by atoms with van der Waals surface area (Å²) >= 11 is 0. The number of anilines is 1. The minimum atomic E-state index is 0.826. The topological polar surface area (TPSA) is 47.0 Å². The minimum Gasteiger partial charge on any atom is -0.497 e. The van der Waals surface area contributed by atoms with Gasteiger partial charge in [0.25, 0.3) is 0 Å². The molecule has 0 unspecified atom stereocenters. The highest BCUT2D eigenvalue weighted by atomic mass is 16.5. The molecule has 2 aromatic rings. The quantitative estimate of drug-likeness (QED) is 0.917. The number of nitrogens with one attached hydrogen (secondary N) is 1. The molecule has 0 radical (unpaired) electrons. The summed E-state index contributed by atoms with van der Waals surface area (Å²) in [4.78, 5) is 0.